The maximum atomic E-state index is 11.4. The zero-order valence-electron chi connectivity index (χ0n) is 9.19. The van der Waals surface area contributed by atoms with Crippen LogP contribution in [0.4, 0.5) is 0 Å². The second kappa shape index (κ2) is 4.94. The first kappa shape index (κ1) is 12.4. The number of hydrogen-bond donors (Lipinski definition) is 1. The number of nitrogens with one attached hydrogen (secondary N) is 1. The molecule has 0 unspecified atom stereocenters. The van der Waals surface area contributed by atoms with Crippen LogP contribution in [0.15, 0.2) is 0 Å². The highest BCUT2D eigenvalue weighted by Crippen LogP contribution is 2.18. The molecule has 0 aromatic carbocycles. The molecular weight excluding hydrogens is 216 g/mol. The molecule has 1 fully saturated rings. The molecule has 0 radical (unpaired) electrons. The van der Waals surface area contributed by atoms with Gasteiger partial charge in [0.15, 0.2) is 0 Å². The summed E-state index contributed by atoms with van der Waals surface area (Å²) in [7, 11) is -3.27. The van der Waals surface area contributed by atoms with Gasteiger partial charge in [-0.15, -0.1) is 0 Å². The van der Waals surface area contributed by atoms with E-state index >= 15 is 0 Å². The normalized spacial score (nSPS) is 16.7. The smallest absolute Gasteiger partial charge is 0.235 e. The summed E-state index contributed by atoms with van der Waals surface area (Å²) in [6.07, 6.45) is 3.87. The number of hydrogen-bond acceptors (Lipinski definition) is 3. The Morgan fingerprint density at radius 3 is 2.47 bits per heavy atom. The summed E-state index contributed by atoms with van der Waals surface area (Å²) < 4.78 is 23.8. The van der Waals surface area contributed by atoms with Gasteiger partial charge in [0.25, 0.3) is 0 Å². The van der Waals surface area contributed by atoms with Crippen LogP contribution in [0.2, 0.25) is 0 Å². The highest BCUT2D eigenvalue weighted by molar-refractivity contribution is 7.88. The van der Waals surface area contributed by atoms with E-state index < -0.39 is 10.0 Å². The number of rotatable bonds is 6. The van der Waals surface area contributed by atoms with Crippen molar-refractivity contribution in [1.82, 2.24) is 9.62 Å². The number of carbonyl (C=O) groups excluding carboxylic acids is 1. The van der Waals surface area contributed by atoms with Crippen LogP contribution >= 0.6 is 0 Å². The highest BCUT2D eigenvalue weighted by Gasteiger charge is 2.25. The Balaban J connectivity index is 2.45. The average Bonchev–Trinajstić information content (AvgIpc) is 2.85. The average molecular weight is 234 g/mol. The summed E-state index contributed by atoms with van der Waals surface area (Å²) in [5.41, 5.74) is 0. The van der Waals surface area contributed by atoms with Crippen LogP contribution in [-0.2, 0) is 14.8 Å². The first-order valence-electron chi connectivity index (χ1n) is 5.18. The molecule has 1 rings (SSSR count). The summed E-state index contributed by atoms with van der Waals surface area (Å²) in [5.74, 6) is -0.198. The van der Waals surface area contributed by atoms with Crippen molar-refractivity contribution in [2.24, 2.45) is 0 Å². The number of nitrogens with zero attached hydrogens (tertiary/aromatic N) is 1. The fraction of sp³-hybridized carbons (Fsp3) is 0.889. The first-order chi connectivity index (χ1) is 6.93. The third-order valence-electron chi connectivity index (χ3n) is 2.20. The lowest BCUT2D eigenvalue weighted by atomic mass is 10.4. The fourth-order valence-electron chi connectivity index (χ4n) is 1.27. The van der Waals surface area contributed by atoms with Gasteiger partial charge in [-0.3, -0.25) is 4.79 Å². The molecule has 0 atom stereocenters. The first-order valence-corrected chi connectivity index (χ1v) is 7.02. The topological polar surface area (TPSA) is 66.5 Å². The van der Waals surface area contributed by atoms with E-state index in [2.05, 4.69) is 5.32 Å². The molecule has 15 heavy (non-hydrogen) atoms. The van der Waals surface area contributed by atoms with Crippen molar-refractivity contribution in [3.63, 3.8) is 0 Å². The molecule has 1 aliphatic rings. The van der Waals surface area contributed by atoms with Crippen LogP contribution in [0, 0.1) is 0 Å². The number of amides is 1. The van der Waals surface area contributed by atoms with E-state index in [1.165, 1.54) is 4.31 Å². The summed E-state index contributed by atoms with van der Waals surface area (Å²) in [4.78, 5) is 11.4. The standard InChI is InChI=1S/C9H18N2O3S/c1-3-6-11(15(2,13)14)7-9(12)10-8-4-5-8/h8H,3-7H2,1-2H3,(H,10,12). The Bertz CT molecular complexity index is 322. The fourth-order valence-corrected chi connectivity index (χ4v) is 2.14. The van der Waals surface area contributed by atoms with E-state index in [1.807, 2.05) is 6.92 Å². The molecule has 1 saturated carbocycles. The molecular formula is C9H18N2O3S. The van der Waals surface area contributed by atoms with Crippen molar-refractivity contribution < 1.29 is 13.2 Å². The van der Waals surface area contributed by atoms with Gasteiger partial charge < -0.3 is 5.32 Å². The van der Waals surface area contributed by atoms with Crippen LogP contribution in [0.5, 0.6) is 0 Å². The summed E-state index contributed by atoms with van der Waals surface area (Å²) in [6, 6.07) is 0.278. The molecule has 0 aromatic heterocycles. The zero-order valence-corrected chi connectivity index (χ0v) is 10.0. The minimum Gasteiger partial charge on any atom is -0.352 e. The van der Waals surface area contributed by atoms with E-state index in [0.717, 1.165) is 19.1 Å². The largest absolute Gasteiger partial charge is 0.352 e. The molecule has 0 heterocycles. The van der Waals surface area contributed by atoms with E-state index in [0.29, 0.717) is 13.0 Å². The van der Waals surface area contributed by atoms with Gasteiger partial charge in [-0.1, -0.05) is 6.92 Å². The van der Waals surface area contributed by atoms with Crippen molar-refractivity contribution in [3.8, 4) is 0 Å². The predicted molar refractivity (Wildman–Crippen MR) is 57.9 cm³/mol. The molecule has 5 nitrogen and oxygen atoms in total. The van der Waals surface area contributed by atoms with Crippen molar-refractivity contribution >= 4 is 15.9 Å². The van der Waals surface area contributed by atoms with Crippen molar-refractivity contribution in [3.05, 3.63) is 0 Å². The second-order valence-electron chi connectivity index (χ2n) is 3.94. The number of sulfonamides is 1. The molecule has 0 saturated heterocycles. The molecule has 1 N–H and O–H groups in total. The van der Waals surface area contributed by atoms with Gasteiger partial charge in [-0.05, 0) is 19.3 Å². The molecule has 0 aliphatic heterocycles. The van der Waals surface area contributed by atoms with Gasteiger partial charge in [0.2, 0.25) is 15.9 Å². The minimum atomic E-state index is -3.27. The zero-order chi connectivity index (χ0) is 11.5. The van der Waals surface area contributed by atoms with Crippen molar-refractivity contribution in [2.45, 2.75) is 32.2 Å². The van der Waals surface area contributed by atoms with Gasteiger partial charge in [0.05, 0.1) is 12.8 Å². The Labute approximate surface area is 90.9 Å². The van der Waals surface area contributed by atoms with Crippen LogP contribution in [0.1, 0.15) is 26.2 Å². The Morgan fingerprint density at radius 2 is 2.07 bits per heavy atom. The van der Waals surface area contributed by atoms with E-state index in [9.17, 15) is 13.2 Å². The molecule has 88 valence electrons. The maximum Gasteiger partial charge on any atom is 0.235 e. The van der Waals surface area contributed by atoms with Crippen molar-refractivity contribution in [2.75, 3.05) is 19.3 Å². The second-order valence-corrected chi connectivity index (χ2v) is 5.92. The van der Waals surface area contributed by atoms with Gasteiger partial charge in [-0.25, -0.2) is 8.42 Å². The molecule has 0 bridgehead atoms. The van der Waals surface area contributed by atoms with Gasteiger partial charge in [0.1, 0.15) is 0 Å². The highest BCUT2D eigenvalue weighted by atomic mass is 32.2. The van der Waals surface area contributed by atoms with Crippen LogP contribution in [-0.4, -0.2) is 44.0 Å². The molecule has 0 aromatic rings. The Kier molecular flexibility index (Phi) is 4.10. The van der Waals surface area contributed by atoms with Crippen LogP contribution in [0.25, 0.3) is 0 Å². The predicted octanol–water partition coefficient (Wildman–Crippen LogP) is -0.0634. The minimum absolute atomic E-state index is 0.0524. The lowest BCUT2D eigenvalue weighted by Crippen LogP contribution is -2.41. The van der Waals surface area contributed by atoms with Crippen molar-refractivity contribution in [1.29, 1.82) is 0 Å². The van der Waals surface area contributed by atoms with E-state index in [-0.39, 0.29) is 18.5 Å². The molecule has 0 spiro atoms. The third-order valence-corrected chi connectivity index (χ3v) is 3.45. The number of carbonyl (C=O) groups is 1. The van der Waals surface area contributed by atoms with Gasteiger partial charge in [0, 0.05) is 12.6 Å². The lowest BCUT2D eigenvalue weighted by molar-refractivity contribution is -0.121. The summed E-state index contributed by atoms with van der Waals surface area (Å²) >= 11 is 0. The Hall–Kier alpha value is -0.620. The Morgan fingerprint density at radius 1 is 1.47 bits per heavy atom. The SMILES string of the molecule is CCCN(CC(=O)NC1CC1)S(C)(=O)=O. The van der Waals surface area contributed by atoms with E-state index in [4.69, 9.17) is 0 Å². The summed E-state index contributed by atoms with van der Waals surface area (Å²) in [6.45, 7) is 2.23. The van der Waals surface area contributed by atoms with Gasteiger partial charge >= 0.3 is 0 Å². The van der Waals surface area contributed by atoms with Crippen LogP contribution in [0.3, 0.4) is 0 Å². The van der Waals surface area contributed by atoms with Crippen LogP contribution < -0.4 is 5.32 Å². The lowest BCUT2D eigenvalue weighted by Gasteiger charge is -2.18. The molecule has 1 amide bonds. The van der Waals surface area contributed by atoms with Gasteiger partial charge in [-0.2, -0.15) is 4.31 Å². The quantitative estimate of drug-likeness (QED) is 0.700. The molecule has 6 heteroatoms. The molecule has 1 aliphatic carbocycles. The van der Waals surface area contributed by atoms with E-state index in [1.54, 1.807) is 0 Å². The maximum absolute atomic E-state index is 11.4. The summed E-state index contributed by atoms with van der Waals surface area (Å²) in [5, 5.41) is 2.77. The third kappa shape index (κ3) is 4.61. The monoisotopic (exact) mass is 234 g/mol.